The minimum Gasteiger partial charge on any atom is -0.283 e. The second-order valence-electron chi connectivity index (χ2n) is 2.50. The van der Waals surface area contributed by atoms with E-state index in [-0.39, 0.29) is 5.82 Å². The van der Waals surface area contributed by atoms with Gasteiger partial charge < -0.3 is 0 Å². The molecule has 0 saturated carbocycles. The van der Waals surface area contributed by atoms with Crippen LogP contribution in [0.1, 0.15) is 0 Å². The lowest BCUT2D eigenvalue weighted by atomic mass is 10.3. The average molecular weight is 315 g/mol. The number of hydrogen-bond donors (Lipinski definition) is 1. The highest BCUT2D eigenvalue weighted by molar-refractivity contribution is 14.1. The summed E-state index contributed by atoms with van der Waals surface area (Å²) in [5, 5.41) is 0. The Morgan fingerprint density at radius 2 is 2.08 bits per heavy atom. The predicted molar refractivity (Wildman–Crippen MR) is 57.6 cm³/mol. The van der Waals surface area contributed by atoms with Gasteiger partial charge in [-0.2, -0.15) is 0 Å². The first kappa shape index (κ1) is 10.7. The van der Waals surface area contributed by atoms with Gasteiger partial charge in [-0.05, 0) is 40.8 Å². The molecule has 13 heavy (non-hydrogen) atoms. The van der Waals surface area contributed by atoms with Gasteiger partial charge in [0.05, 0.1) is 11.9 Å². The van der Waals surface area contributed by atoms with Gasteiger partial charge >= 0.3 is 0 Å². The molecule has 0 radical (unpaired) electrons. The first-order chi connectivity index (χ1) is 5.88. The van der Waals surface area contributed by atoms with E-state index < -0.39 is 10.0 Å². The van der Waals surface area contributed by atoms with Crippen molar-refractivity contribution in [1.82, 2.24) is 0 Å². The Morgan fingerprint density at radius 3 is 2.54 bits per heavy atom. The molecule has 3 nitrogen and oxygen atoms in total. The average Bonchev–Trinajstić information content (AvgIpc) is 1.93. The summed E-state index contributed by atoms with van der Waals surface area (Å²) in [5.41, 5.74) is 0.393. The van der Waals surface area contributed by atoms with Gasteiger partial charge in [0.2, 0.25) is 10.0 Å². The van der Waals surface area contributed by atoms with Crippen LogP contribution in [-0.4, -0.2) is 14.7 Å². The Hall–Kier alpha value is -0.370. The van der Waals surface area contributed by atoms with Crippen LogP contribution < -0.4 is 4.72 Å². The molecule has 1 N–H and O–H groups in total. The molecule has 0 aromatic heterocycles. The molecule has 1 aromatic rings. The van der Waals surface area contributed by atoms with Gasteiger partial charge in [-0.1, -0.05) is 0 Å². The number of sulfonamides is 1. The van der Waals surface area contributed by atoms with Crippen LogP contribution in [0, 0.1) is 9.39 Å². The van der Waals surface area contributed by atoms with Crippen molar-refractivity contribution in [1.29, 1.82) is 0 Å². The predicted octanol–water partition coefficient (Wildman–Crippen LogP) is 1.80. The lowest BCUT2D eigenvalue weighted by Crippen LogP contribution is -2.10. The lowest BCUT2D eigenvalue weighted by Gasteiger charge is -2.05. The summed E-state index contributed by atoms with van der Waals surface area (Å²) in [4.78, 5) is 0. The Labute approximate surface area is 89.5 Å². The van der Waals surface area contributed by atoms with Crippen LogP contribution in [0.2, 0.25) is 0 Å². The Kier molecular flexibility index (Phi) is 3.12. The van der Waals surface area contributed by atoms with Gasteiger partial charge in [-0.15, -0.1) is 0 Å². The van der Waals surface area contributed by atoms with Crippen molar-refractivity contribution < 1.29 is 12.8 Å². The highest BCUT2D eigenvalue weighted by atomic mass is 127. The van der Waals surface area contributed by atoms with E-state index in [1.807, 2.05) is 22.6 Å². The molecule has 72 valence electrons. The molecule has 0 amide bonds. The van der Waals surface area contributed by atoms with E-state index in [9.17, 15) is 12.8 Å². The van der Waals surface area contributed by atoms with Gasteiger partial charge in [0, 0.05) is 3.57 Å². The number of anilines is 1. The van der Waals surface area contributed by atoms with Gasteiger partial charge in [0.25, 0.3) is 0 Å². The van der Waals surface area contributed by atoms with Crippen LogP contribution in [0.15, 0.2) is 18.2 Å². The summed E-state index contributed by atoms with van der Waals surface area (Å²) in [7, 11) is -3.29. The van der Waals surface area contributed by atoms with Crippen LogP contribution in [-0.2, 0) is 10.0 Å². The molecule has 1 aromatic carbocycles. The first-order valence-electron chi connectivity index (χ1n) is 3.31. The van der Waals surface area contributed by atoms with Crippen molar-refractivity contribution in [3.8, 4) is 0 Å². The summed E-state index contributed by atoms with van der Waals surface area (Å²) in [6.45, 7) is 0. The van der Waals surface area contributed by atoms with Crippen molar-refractivity contribution >= 4 is 38.3 Å². The van der Waals surface area contributed by atoms with Crippen molar-refractivity contribution in [3.63, 3.8) is 0 Å². The zero-order chi connectivity index (χ0) is 10.1. The number of nitrogens with one attached hydrogen (secondary N) is 1. The Bertz CT molecular complexity index is 419. The molecule has 0 bridgehead atoms. The fraction of sp³-hybridized carbons (Fsp3) is 0.143. The van der Waals surface area contributed by atoms with Crippen LogP contribution in [0.3, 0.4) is 0 Å². The molecule has 0 saturated heterocycles. The van der Waals surface area contributed by atoms with E-state index >= 15 is 0 Å². The van der Waals surface area contributed by atoms with Crippen molar-refractivity contribution in [2.75, 3.05) is 11.0 Å². The topological polar surface area (TPSA) is 46.2 Å². The van der Waals surface area contributed by atoms with E-state index in [0.717, 1.165) is 6.26 Å². The molecule has 1 rings (SSSR count). The summed E-state index contributed by atoms with van der Waals surface area (Å²) in [6.07, 6.45) is 1.05. The third-order valence-electron chi connectivity index (χ3n) is 1.23. The number of hydrogen-bond acceptors (Lipinski definition) is 2. The maximum Gasteiger partial charge on any atom is 0.229 e. The molecule has 0 unspecified atom stereocenters. The third-order valence-corrected chi connectivity index (χ3v) is 2.71. The maximum absolute atomic E-state index is 12.6. The summed E-state index contributed by atoms with van der Waals surface area (Å²) in [6, 6.07) is 3.85. The Morgan fingerprint density at radius 1 is 1.46 bits per heavy atom. The SMILES string of the molecule is CS(=O)(=O)Nc1ccc(F)cc1I. The number of halogens is 2. The second-order valence-corrected chi connectivity index (χ2v) is 5.41. The van der Waals surface area contributed by atoms with Crippen LogP contribution in [0.25, 0.3) is 0 Å². The molecule has 6 heteroatoms. The van der Waals surface area contributed by atoms with E-state index in [4.69, 9.17) is 0 Å². The zero-order valence-corrected chi connectivity index (χ0v) is 9.69. The molecule has 0 aliphatic rings. The van der Waals surface area contributed by atoms with Crippen LogP contribution in [0.5, 0.6) is 0 Å². The third kappa shape index (κ3) is 3.47. The van der Waals surface area contributed by atoms with Crippen molar-refractivity contribution in [2.24, 2.45) is 0 Å². The normalized spacial score (nSPS) is 11.3. The molecule has 0 spiro atoms. The second kappa shape index (κ2) is 3.79. The molecule has 0 aliphatic heterocycles. The fourth-order valence-corrected chi connectivity index (χ4v) is 2.14. The van der Waals surface area contributed by atoms with E-state index in [0.29, 0.717) is 9.26 Å². The number of rotatable bonds is 2. The van der Waals surface area contributed by atoms with Gasteiger partial charge in [0.15, 0.2) is 0 Å². The zero-order valence-electron chi connectivity index (χ0n) is 6.71. The molecule has 0 atom stereocenters. The number of benzene rings is 1. The van der Waals surface area contributed by atoms with Gasteiger partial charge in [-0.25, -0.2) is 12.8 Å². The standard InChI is InChI=1S/C7H7FINO2S/c1-13(11,12)10-7-3-2-5(8)4-6(7)9/h2-4,10H,1H3. The minimum atomic E-state index is -3.29. The fourth-order valence-electron chi connectivity index (χ4n) is 0.772. The van der Waals surface area contributed by atoms with E-state index in [1.54, 1.807) is 0 Å². The van der Waals surface area contributed by atoms with Gasteiger partial charge in [0.1, 0.15) is 5.82 Å². The van der Waals surface area contributed by atoms with Crippen LogP contribution in [0.4, 0.5) is 10.1 Å². The summed E-state index contributed by atoms with van der Waals surface area (Å²) >= 11 is 1.86. The first-order valence-corrected chi connectivity index (χ1v) is 6.28. The summed E-state index contributed by atoms with van der Waals surface area (Å²) < 4.78 is 37.1. The minimum absolute atomic E-state index is 0.386. The van der Waals surface area contributed by atoms with E-state index in [2.05, 4.69) is 4.72 Å². The summed E-state index contributed by atoms with van der Waals surface area (Å²) in [5.74, 6) is -0.386. The molecule has 0 heterocycles. The van der Waals surface area contributed by atoms with Crippen molar-refractivity contribution in [3.05, 3.63) is 27.6 Å². The molecular formula is C7H7FINO2S. The van der Waals surface area contributed by atoms with E-state index in [1.165, 1.54) is 18.2 Å². The molecule has 0 fully saturated rings. The van der Waals surface area contributed by atoms with Crippen LogP contribution >= 0.6 is 22.6 Å². The Balaban J connectivity index is 3.04. The highest BCUT2D eigenvalue weighted by Gasteiger charge is 2.05. The monoisotopic (exact) mass is 315 g/mol. The van der Waals surface area contributed by atoms with Gasteiger partial charge in [-0.3, -0.25) is 4.72 Å². The highest BCUT2D eigenvalue weighted by Crippen LogP contribution is 2.19. The largest absolute Gasteiger partial charge is 0.283 e. The maximum atomic E-state index is 12.6. The molecule has 0 aliphatic carbocycles. The lowest BCUT2D eigenvalue weighted by molar-refractivity contribution is 0.606. The molecular weight excluding hydrogens is 308 g/mol. The quantitative estimate of drug-likeness (QED) is 0.846. The smallest absolute Gasteiger partial charge is 0.229 e. The van der Waals surface area contributed by atoms with Crippen molar-refractivity contribution in [2.45, 2.75) is 0 Å².